The summed E-state index contributed by atoms with van der Waals surface area (Å²) in [6.45, 7) is 1.15. The summed E-state index contributed by atoms with van der Waals surface area (Å²) in [5, 5.41) is 30.8. The number of amides is 10. The van der Waals surface area contributed by atoms with E-state index in [1.165, 1.54) is 31.2 Å². The van der Waals surface area contributed by atoms with Crippen LogP contribution in [-0.2, 0) is 60.8 Å². The predicted molar refractivity (Wildman–Crippen MR) is 280 cm³/mol. The molecule has 7 atom stereocenters. The van der Waals surface area contributed by atoms with Crippen LogP contribution >= 0.6 is 0 Å². The van der Waals surface area contributed by atoms with Crippen molar-refractivity contribution in [3.8, 4) is 6.07 Å². The molecule has 0 spiro atoms. The number of benzene rings is 2. The van der Waals surface area contributed by atoms with E-state index in [2.05, 4.69) is 57.5 Å². The number of carbonyl (C=O) groups is 10. The summed E-state index contributed by atoms with van der Waals surface area (Å²) in [5.41, 5.74) is 35.2. The molecule has 0 bridgehead atoms. The molecule has 2 aromatic carbocycles. The Bertz CT molecular complexity index is 2710. The fraction of sp³-hybridized carbons (Fsp3) is 0.449. The maximum Gasteiger partial charge on any atom is 0.243 e. The molecule has 77 heavy (non-hydrogen) atoms. The molecule has 414 valence electrons. The van der Waals surface area contributed by atoms with Crippen molar-refractivity contribution in [2.24, 2.45) is 44.4 Å². The number of hydrogen-bond acceptors (Lipinski definition) is 13. The number of para-hydroxylation sites is 1. The predicted octanol–water partition coefficient (Wildman–Crippen LogP) is -4.60. The maximum absolute atomic E-state index is 14.6. The zero-order chi connectivity index (χ0) is 56.6. The van der Waals surface area contributed by atoms with Crippen LogP contribution in [0.1, 0.15) is 81.4 Å². The van der Waals surface area contributed by atoms with Crippen LogP contribution in [0.15, 0.2) is 64.7 Å². The number of rotatable bonds is 18. The number of hydrogen-bond donors (Lipinski definition) is 15. The summed E-state index contributed by atoms with van der Waals surface area (Å²) in [4.78, 5) is 148. The van der Waals surface area contributed by atoms with E-state index < -0.39 is 108 Å². The van der Waals surface area contributed by atoms with Crippen molar-refractivity contribution in [3.63, 3.8) is 0 Å². The van der Waals surface area contributed by atoms with Gasteiger partial charge in [0.05, 0.1) is 18.1 Å². The minimum atomic E-state index is -1.79. The lowest BCUT2D eigenvalue weighted by Crippen LogP contribution is -2.60. The molecule has 10 amide bonds. The average molecular weight is 1070 g/mol. The molecular formula is C49H68N18O10. The van der Waals surface area contributed by atoms with Gasteiger partial charge in [0.15, 0.2) is 11.9 Å². The first-order valence-electron chi connectivity index (χ1n) is 24.7. The van der Waals surface area contributed by atoms with Crippen molar-refractivity contribution in [2.75, 3.05) is 19.6 Å². The molecule has 0 aliphatic carbocycles. The van der Waals surface area contributed by atoms with E-state index in [9.17, 15) is 53.2 Å². The first-order valence-corrected chi connectivity index (χ1v) is 24.7. The number of guanidine groups is 2. The Labute approximate surface area is 442 Å². The second kappa shape index (κ2) is 30.2. The molecule has 1 unspecified atom stereocenters. The fourth-order valence-electron chi connectivity index (χ4n) is 8.18. The molecule has 3 aromatic rings. The number of nitriles is 1. The van der Waals surface area contributed by atoms with Crippen LogP contribution in [-0.4, -0.2) is 138 Å². The summed E-state index contributed by atoms with van der Waals surface area (Å²) >= 11 is 0. The third-order valence-electron chi connectivity index (χ3n) is 12.1. The first-order chi connectivity index (χ1) is 36.6. The third kappa shape index (κ3) is 20.5. The highest BCUT2D eigenvalue weighted by molar-refractivity contribution is 5.99. The summed E-state index contributed by atoms with van der Waals surface area (Å²) < 4.78 is 0. The quantitative estimate of drug-likeness (QED) is 0.0324. The van der Waals surface area contributed by atoms with Gasteiger partial charge in [0, 0.05) is 62.9 Å². The van der Waals surface area contributed by atoms with Gasteiger partial charge in [0.2, 0.25) is 59.1 Å². The highest BCUT2D eigenvalue weighted by atomic mass is 16.2. The third-order valence-corrected chi connectivity index (χ3v) is 12.1. The number of nitrogens with one attached hydrogen (secondary N) is 9. The van der Waals surface area contributed by atoms with Crippen LogP contribution in [0.4, 0.5) is 0 Å². The molecule has 21 N–H and O–H groups in total. The van der Waals surface area contributed by atoms with E-state index in [0.717, 1.165) is 0 Å². The van der Waals surface area contributed by atoms with Gasteiger partial charge in [0.25, 0.3) is 0 Å². The number of aromatic nitrogens is 1. The highest BCUT2D eigenvalue weighted by Crippen LogP contribution is 2.20. The van der Waals surface area contributed by atoms with E-state index in [-0.39, 0.29) is 101 Å². The van der Waals surface area contributed by atoms with Crippen molar-refractivity contribution in [1.82, 2.24) is 47.5 Å². The monoisotopic (exact) mass is 1070 g/mol. The second-order valence-corrected chi connectivity index (χ2v) is 18.2. The standard InChI is InChI=1S/C49H68N18O10/c1-26(68)61-33(9-5-19-58-48(53)54)42(72)63-34-10-4-18-57-40(70)17-16-32(41(52)71)62-46(76)37(22-29-25-60-31-8-3-2-7-30(29)31)66-43(73)35(11-6-20-59-49(55)56)64-45(75)36(21-27-12-14-28(24-50)15-13-27)65-47(77)38(23-39(51)69)67-44(34)74/h2-3,7-8,12-15,25,32-38,60H,4-6,9-11,16-23H2,1H3,(H2,51,69)(H2,52,71)(H,57,70)(H,61,68)(H,62,76)(H,63,72)(H,64,75)(H,65,77)(H,66,73)(H,67,74)(H4,53,54,58)(H4,55,56,59)/t32?,33-,34-,35-,36+,37-,38-/m0/s1. The minimum Gasteiger partial charge on any atom is -0.370 e. The van der Waals surface area contributed by atoms with Crippen molar-refractivity contribution >= 4 is 81.9 Å². The molecule has 1 aliphatic heterocycles. The van der Waals surface area contributed by atoms with Crippen molar-refractivity contribution in [3.05, 3.63) is 71.4 Å². The average Bonchev–Trinajstić information content (AvgIpc) is 3.79. The zero-order valence-corrected chi connectivity index (χ0v) is 42.5. The Morgan fingerprint density at radius 1 is 0.727 bits per heavy atom. The second-order valence-electron chi connectivity index (χ2n) is 18.2. The van der Waals surface area contributed by atoms with Crippen LogP contribution < -0.4 is 76.9 Å². The maximum atomic E-state index is 14.6. The fourth-order valence-corrected chi connectivity index (χ4v) is 8.18. The molecule has 1 saturated heterocycles. The van der Waals surface area contributed by atoms with E-state index in [0.29, 0.717) is 22.0 Å². The van der Waals surface area contributed by atoms with Gasteiger partial charge in [-0.25, -0.2) is 0 Å². The normalized spacial score (nSPS) is 20.7. The minimum absolute atomic E-state index is 0.00273. The van der Waals surface area contributed by atoms with Crippen molar-refractivity contribution < 1.29 is 47.9 Å². The molecule has 28 heteroatoms. The van der Waals surface area contributed by atoms with Crippen molar-refractivity contribution in [1.29, 1.82) is 5.26 Å². The lowest BCUT2D eigenvalue weighted by Gasteiger charge is -2.28. The highest BCUT2D eigenvalue weighted by Gasteiger charge is 2.35. The first kappa shape index (κ1) is 60.3. The van der Waals surface area contributed by atoms with Crippen LogP contribution in [0.25, 0.3) is 10.9 Å². The smallest absolute Gasteiger partial charge is 0.243 e. The Kier molecular flexibility index (Phi) is 23.6. The molecule has 28 nitrogen and oxygen atoms in total. The molecule has 1 fully saturated rings. The zero-order valence-electron chi connectivity index (χ0n) is 42.5. The summed E-state index contributed by atoms with van der Waals surface area (Å²) in [6, 6.07) is 4.68. The molecule has 4 rings (SSSR count). The van der Waals surface area contributed by atoms with E-state index >= 15 is 0 Å². The van der Waals surface area contributed by atoms with Gasteiger partial charge in [-0.2, -0.15) is 5.26 Å². The lowest BCUT2D eigenvalue weighted by molar-refractivity contribution is -0.136. The molecular weight excluding hydrogens is 1000 g/mol. The summed E-state index contributed by atoms with van der Waals surface area (Å²) in [5.74, 6) is -9.40. The van der Waals surface area contributed by atoms with Gasteiger partial charge in [0.1, 0.15) is 42.3 Å². The number of H-pyrrole nitrogens is 1. The number of carbonyl (C=O) groups excluding carboxylic acids is 10. The van der Waals surface area contributed by atoms with Crippen LogP contribution in [0.2, 0.25) is 0 Å². The molecule has 0 radical (unpaired) electrons. The summed E-state index contributed by atoms with van der Waals surface area (Å²) in [6.07, 6.45) is -0.310. The van der Waals surface area contributed by atoms with Gasteiger partial charge >= 0.3 is 0 Å². The molecule has 1 aromatic heterocycles. The van der Waals surface area contributed by atoms with Gasteiger partial charge in [-0.3, -0.25) is 57.9 Å². The van der Waals surface area contributed by atoms with E-state index in [1.807, 2.05) is 6.07 Å². The number of aliphatic imine (C=N–C) groups is 2. The Morgan fingerprint density at radius 3 is 1.96 bits per heavy atom. The molecule has 0 saturated carbocycles. The van der Waals surface area contributed by atoms with Gasteiger partial charge in [-0.1, -0.05) is 30.3 Å². The lowest BCUT2D eigenvalue weighted by atomic mass is 10.0. The Hall–Kier alpha value is -9.29. The topological polar surface area (TPSA) is 487 Å². The van der Waals surface area contributed by atoms with Gasteiger partial charge in [-0.05, 0) is 74.3 Å². The number of nitrogens with two attached hydrogens (primary N) is 6. The van der Waals surface area contributed by atoms with E-state index in [4.69, 9.17) is 34.4 Å². The number of primary amides is 2. The number of nitrogens with zero attached hydrogens (tertiary/aromatic N) is 3. The molecule has 2 heterocycles. The van der Waals surface area contributed by atoms with Gasteiger partial charge < -0.3 is 81.9 Å². The van der Waals surface area contributed by atoms with Crippen LogP contribution in [0.3, 0.4) is 0 Å². The largest absolute Gasteiger partial charge is 0.370 e. The van der Waals surface area contributed by atoms with Crippen LogP contribution in [0, 0.1) is 11.3 Å². The molecule has 1 aliphatic rings. The van der Waals surface area contributed by atoms with E-state index in [1.54, 1.807) is 30.5 Å². The van der Waals surface area contributed by atoms with Crippen molar-refractivity contribution in [2.45, 2.75) is 120 Å². The van der Waals surface area contributed by atoms with Gasteiger partial charge in [-0.15, -0.1) is 0 Å². The SMILES string of the molecule is CC(=O)N[C@@H](CCCN=C(N)N)C(=O)N[C@H]1CCCNC(=O)CCC(C(N)=O)NC(=O)[C@H](Cc2c[nH]c3ccccc23)NC(=O)[C@H](CCCN=C(N)N)NC(=O)[C@@H](Cc2ccc(C#N)cc2)NC(=O)[C@H](CC(N)=O)NC1=O. The summed E-state index contributed by atoms with van der Waals surface area (Å²) in [7, 11) is 0. The Balaban J connectivity index is 1.80. The Morgan fingerprint density at radius 2 is 1.32 bits per heavy atom. The number of fused-ring (bicyclic) bond motifs is 1. The number of aromatic amines is 1. The van der Waals surface area contributed by atoms with Crippen LogP contribution in [0.5, 0.6) is 0 Å².